The zero-order valence-electron chi connectivity index (χ0n) is 18.8. The van der Waals surface area contributed by atoms with Crippen molar-refractivity contribution in [1.29, 1.82) is 0 Å². The van der Waals surface area contributed by atoms with Crippen LogP contribution in [0, 0.1) is 6.04 Å². The Bertz CT molecular complexity index is 1120. The number of amides is 1. The summed E-state index contributed by atoms with van der Waals surface area (Å²) in [5.74, 6) is -1.01. The van der Waals surface area contributed by atoms with E-state index in [2.05, 4.69) is 5.43 Å². The Kier molecular flexibility index (Phi) is 7.95. The molecular weight excluding hydrogens is 416 g/mol. The fraction of sp³-hybridized carbons (Fsp3) is 0.192. The maximum atomic E-state index is 13.5. The first-order valence-electron chi connectivity index (χ1n) is 10.6. The average molecular weight is 446 g/mol. The predicted molar refractivity (Wildman–Crippen MR) is 128 cm³/mol. The second kappa shape index (κ2) is 10.9. The molecule has 3 aromatic carbocycles. The number of ketones is 1. The SMILES string of the molecule is CNN(C)C(Cc1ccc(O)c(C(N)=O)c1)C(=O)c1cccc([C](N)Cc2ccccc2)c1. The van der Waals surface area contributed by atoms with Crippen molar-refractivity contribution in [2.45, 2.75) is 18.9 Å². The zero-order chi connectivity index (χ0) is 24.0. The van der Waals surface area contributed by atoms with Crippen LogP contribution in [0.4, 0.5) is 0 Å². The highest BCUT2D eigenvalue weighted by Crippen LogP contribution is 2.22. The van der Waals surface area contributed by atoms with Gasteiger partial charge in [-0.3, -0.25) is 15.0 Å². The van der Waals surface area contributed by atoms with E-state index in [-0.39, 0.29) is 17.1 Å². The number of carbonyl (C=O) groups excluding carboxylic acids is 2. The quantitative estimate of drug-likeness (QED) is 0.281. The van der Waals surface area contributed by atoms with Crippen LogP contribution >= 0.6 is 0 Å². The molecule has 1 unspecified atom stereocenters. The predicted octanol–water partition coefficient (Wildman–Crippen LogP) is 2.43. The molecule has 1 radical (unpaired) electrons. The molecule has 0 saturated heterocycles. The molecule has 0 fully saturated rings. The van der Waals surface area contributed by atoms with E-state index in [4.69, 9.17) is 11.5 Å². The molecule has 0 saturated carbocycles. The van der Waals surface area contributed by atoms with Crippen molar-refractivity contribution in [2.75, 3.05) is 14.1 Å². The first-order chi connectivity index (χ1) is 15.8. The number of carbonyl (C=O) groups is 2. The van der Waals surface area contributed by atoms with Gasteiger partial charge in [-0.1, -0.05) is 54.6 Å². The molecule has 0 spiro atoms. The first-order valence-corrected chi connectivity index (χ1v) is 10.6. The van der Waals surface area contributed by atoms with Crippen molar-refractivity contribution in [3.8, 4) is 5.75 Å². The monoisotopic (exact) mass is 445 g/mol. The van der Waals surface area contributed by atoms with Crippen LogP contribution in [-0.4, -0.2) is 41.9 Å². The van der Waals surface area contributed by atoms with Crippen LogP contribution in [0.1, 0.15) is 37.4 Å². The molecule has 3 rings (SSSR count). The number of nitrogens with one attached hydrogen (secondary N) is 1. The first kappa shape index (κ1) is 24.1. The van der Waals surface area contributed by atoms with E-state index in [1.807, 2.05) is 48.5 Å². The standard InChI is InChI=1S/C26H29N4O3/c1-29-30(2)23(15-18-11-12-24(31)21(13-18)26(28)33)25(32)20-10-6-9-19(16-20)22(27)14-17-7-4-3-5-8-17/h3-13,16,23,29,31H,14-15,27H2,1-2H3,(H2,28,33). The van der Waals surface area contributed by atoms with Crippen molar-refractivity contribution >= 4 is 11.7 Å². The number of hydrogen-bond acceptors (Lipinski definition) is 6. The molecule has 0 aromatic heterocycles. The Morgan fingerprint density at radius 3 is 2.30 bits per heavy atom. The van der Waals surface area contributed by atoms with Crippen molar-refractivity contribution in [3.05, 3.63) is 107 Å². The lowest BCUT2D eigenvalue weighted by atomic mass is 9.93. The summed E-state index contributed by atoms with van der Waals surface area (Å²) in [6, 6.07) is 21.9. The van der Waals surface area contributed by atoms with Crippen molar-refractivity contribution in [3.63, 3.8) is 0 Å². The van der Waals surface area contributed by atoms with Gasteiger partial charge >= 0.3 is 0 Å². The summed E-state index contributed by atoms with van der Waals surface area (Å²) >= 11 is 0. The molecule has 0 aliphatic rings. The molecule has 6 N–H and O–H groups in total. The molecule has 33 heavy (non-hydrogen) atoms. The van der Waals surface area contributed by atoms with Gasteiger partial charge in [0.05, 0.1) is 17.6 Å². The number of likely N-dealkylation sites (N-methyl/N-ethyl adjacent to an activating group) is 1. The highest BCUT2D eigenvalue weighted by molar-refractivity contribution is 6.00. The lowest BCUT2D eigenvalue weighted by Gasteiger charge is -2.26. The number of nitrogens with zero attached hydrogens (tertiary/aromatic N) is 1. The van der Waals surface area contributed by atoms with Gasteiger partial charge in [-0.15, -0.1) is 0 Å². The minimum atomic E-state index is -0.726. The summed E-state index contributed by atoms with van der Waals surface area (Å²) in [7, 11) is 3.51. The summed E-state index contributed by atoms with van der Waals surface area (Å²) in [5, 5.41) is 11.6. The third-order valence-corrected chi connectivity index (χ3v) is 5.63. The van der Waals surface area contributed by atoms with Crippen LogP contribution in [-0.2, 0) is 12.8 Å². The van der Waals surface area contributed by atoms with Crippen molar-refractivity contribution < 1.29 is 14.7 Å². The molecule has 1 amide bonds. The van der Waals surface area contributed by atoms with Crippen molar-refractivity contribution in [1.82, 2.24) is 10.4 Å². The molecule has 7 heteroatoms. The number of hydrogen-bond donors (Lipinski definition) is 4. The van der Waals surface area contributed by atoms with Crippen LogP contribution in [0.15, 0.2) is 72.8 Å². The van der Waals surface area contributed by atoms with Gasteiger partial charge in [0.2, 0.25) is 0 Å². The Labute approximate surface area is 194 Å². The molecule has 7 nitrogen and oxygen atoms in total. The number of Topliss-reactive ketones (excluding diaryl/α,β-unsaturated/α-hetero) is 1. The summed E-state index contributed by atoms with van der Waals surface area (Å²) in [6.07, 6.45) is 0.895. The molecule has 0 aliphatic heterocycles. The summed E-state index contributed by atoms with van der Waals surface area (Å²) in [5.41, 5.74) is 17.9. The van der Waals surface area contributed by atoms with E-state index in [0.717, 1.165) is 11.1 Å². The summed E-state index contributed by atoms with van der Waals surface area (Å²) in [4.78, 5) is 25.1. The Morgan fingerprint density at radius 2 is 1.64 bits per heavy atom. The average Bonchev–Trinajstić information content (AvgIpc) is 2.83. The van der Waals surface area contributed by atoms with Gasteiger partial charge in [-0.05, 0) is 54.8 Å². The fourth-order valence-corrected chi connectivity index (χ4v) is 3.67. The molecular formula is C26H29N4O3. The van der Waals surface area contributed by atoms with Crippen LogP contribution in [0.25, 0.3) is 0 Å². The van der Waals surface area contributed by atoms with Crippen LogP contribution in [0.5, 0.6) is 5.75 Å². The Hall–Kier alpha value is -3.52. The van der Waals surface area contributed by atoms with Gasteiger partial charge in [0.15, 0.2) is 5.78 Å². The zero-order valence-corrected chi connectivity index (χ0v) is 18.8. The largest absolute Gasteiger partial charge is 0.507 e. The normalized spacial score (nSPS) is 12.2. The summed E-state index contributed by atoms with van der Waals surface area (Å²) in [6.45, 7) is 0. The maximum absolute atomic E-state index is 13.5. The number of hydrazine groups is 1. The molecule has 0 heterocycles. The Morgan fingerprint density at radius 1 is 0.939 bits per heavy atom. The van der Waals surface area contributed by atoms with Crippen LogP contribution in [0.3, 0.4) is 0 Å². The number of phenols is 1. The third kappa shape index (κ3) is 6.04. The number of rotatable bonds is 10. The number of aromatic hydroxyl groups is 1. The Balaban J connectivity index is 1.84. The topological polar surface area (TPSA) is 122 Å². The lowest BCUT2D eigenvalue weighted by Crippen LogP contribution is -2.46. The molecule has 1 atom stereocenters. The van der Waals surface area contributed by atoms with E-state index >= 15 is 0 Å². The number of benzene rings is 3. The van der Waals surface area contributed by atoms with Crippen molar-refractivity contribution in [2.24, 2.45) is 11.5 Å². The maximum Gasteiger partial charge on any atom is 0.252 e. The fourth-order valence-electron chi connectivity index (χ4n) is 3.67. The third-order valence-electron chi connectivity index (χ3n) is 5.63. The van der Waals surface area contributed by atoms with Gasteiger partial charge < -0.3 is 16.6 Å². The van der Waals surface area contributed by atoms with Gasteiger partial charge in [0.25, 0.3) is 5.91 Å². The minimum absolute atomic E-state index is 0.0242. The lowest BCUT2D eigenvalue weighted by molar-refractivity contribution is 0.0796. The molecule has 0 bridgehead atoms. The second-order valence-electron chi connectivity index (χ2n) is 7.90. The van der Waals surface area contributed by atoms with Gasteiger partial charge in [-0.2, -0.15) is 0 Å². The van der Waals surface area contributed by atoms with E-state index in [0.29, 0.717) is 30.0 Å². The van der Waals surface area contributed by atoms with E-state index in [1.54, 1.807) is 31.2 Å². The highest BCUT2D eigenvalue weighted by Gasteiger charge is 2.25. The van der Waals surface area contributed by atoms with Crippen LogP contribution in [0.2, 0.25) is 0 Å². The van der Waals surface area contributed by atoms with Gasteiger partial charge in [0.1, 0.15) is 5.75 Å². The smallest absolute Gasteiger partial charge is 0.252 e. The molecule has 3 aromatic rings. The molecule has 0 aliphatic carbocycles. The number of nitrogens with two attached hydrogens (primary N) is 2. The molecule has 171 valence electrons. The highest BCUT2D eigenvalue weighted by atomic mass is 16.3. The van der Waals surface area contributed by atoms with Crippen LogP contribution < -0.4 is 16.9 Å². The minimum Gasteiger partial charge on any atom is -0.507 e. The van der Waals surface area contributed by atoms with E-state index < -0.39 is 11.9 Å². The van der Waals surface area contributed by atoms with E-state index in [1.165, 1.54) is 12.1 Å². The van der Waals surface area contributed by atoms with Gasteiger partial charge in [-0.25, -0.2) is 5.01 Å². The van der Waals surface area contributed by atoms with E-state index in [9.17, 15) is 14.7 Å². The van der Waals surface area contributed by atoms with Gasteiger partial charge in [0, 0.05) is 12.6 Å². The second-order valence-corrected chi connectivity index (χ2v) is 7.90. The summed E-state index contributed by atoms with van der Waals surface area (Å²) < 4.78 is 0. The number of primary amides is 1.